The third-order valence-corrected chi connectivity index (χ3v) is 3.68. The van der Waals surface area contributed by atoms with Gasteiger partial charge < -0.3 is 9.73 Å². The summed E-state index contributed by atoms with van der Waals surface area (Å²) in [6, 6.07) is 11.4. The summed E-state index contributed by atoms with van der Waals surface area (Å²) in [7, 11) is 0. The predicted molar refractivity (Wildman–Crippen MR) is 78.9 cm³/mol. The number of rotatable bonds is 3. The minimum atomic E-state index is -0.296. The van der Waals surface area contributed by atoms with E-state index in [9.17, 15) is 4.79 Å². The third-order valence-electron chi connectivity index (χ3n) is 2.79. The summed E-state index contributed by atoms with van der Waals surface area (Å²) >= 11 is 1.49. The van der Waals surface area contributed by atoms with E-state index in [1.165, 1.54) is 23.2 Å². The summed E-state index contributed by atoms with van der Waals surface area (Å²) in [6.07, 6.45) is 1.47. The van der Waals surface area contributed by atoms with Gasteiger partial charge in [0.05, 0.1) is 6.26 Å². The molecule has 0 aliphatic heterocycles. The molecule has 0 unspecified atom stereocenters. The highest BCUT2D eigenvalue weighted by Crippen LogP contribution is 2.26. The third kappa shape index (κ3) is 2.62. The fourth-order valence-electron chi connectivity index (χ4n) is 1.75. The van der Waals surface area contributed by atoms with Gasteiger partial charge in [0.25, 0.3) is 5.91 Å². The molecule has 1 N–H and O–H groups in total. The zero-order chi connectivity index (χ0) is 13.9. The number of nitrogens with one attached hydrogen (secondary N) is 1. The molecule has 3 aromatic rings. The second-order valence-corrected chi connectivity index (χ2v) is 5.19. The number of aryl methyl sites for hydroxylation is 1. The molecule has 4 nitrogen and oxygen atoms in total. The van der Waals surface area contributed by atoms with Crippen LogP contribution in [-0.4, -0.2) is 10.9 Å². The van der Waals surface area contributed by atoms with E-state index >= 15 is 0 Å². The van der Waals surface area contributed by atoms with Crippen LogP contribution in [0.25, 0.3) is 10.6 Å². The van der Waals surface area contributed by atoms with Crippen LogP contribution >= 0.6 is 11.3 Å². The molecule has 0 bridgehead atoms. The van der Waals surface area contributed by atoms with Gasteiger partial charge in [0.15, 0.2) is 5.76 Å². The Morgan fingerprint density at radius 3 is 2.75 bits per heavy atom. The molecule has 0 saturated carbocycles. The number of nitrogens with zero attached hydrogens (tertiary/aromatic N) is 1. The lowest BCUT2D eigenvalue weighted by molar-refractivity contribution is 0.0996. The molecule has 0 spiro atoms. The zero-order valence-corrected chi connectivity index (χ0v) is 11.6. The molecule has 100 valence electrons. The summed E-state index contributed by atoms with van der Waals surface area (Å²) in [5.74, 6) is 0.512. The van der Waals surface area contributed by atoms with E-state index in [1.54, 1.807) is 12.1 Å². The topological polar surface area (TPSA) is 55.1 Å². The molecule has 1 amide bonds. The molecule has 2 heterocycles. The maximum atomic E-state index is 11.8. The van der Waals surface area contributed by atoms with Crippen molar-refractivity contribution in [2.75, 3.05) is 5.32 Å². The van der Waals surface area contributed by atoms with Crippen LogP contribution in [-0.2, 0) is 0 Å². The number of hydrogen-bond acceptors (Lipinski definition) is 4. The maximum Gasteiger partial charge on any atom is 0.292 e. The predicted octanol–water partition coefficient (Wildman–Crippen LogP) is 3.96. The molecule has 0 atom stereocenters. The van der Waals surface area contributed by atoms with E-state index in [4.69, 9.17) is 4.42 Å². The fourth-order valence-corrected chi connectivity index (χ4v) is 2.50. The van der Waals surface area contributed by atoms with Crippen LogP contribution in [0.4, 0.5) is 5.82 Å². The number of aromatic nitrogens is 1. The van der Waals surface area contributed by atoms with Crippen molar-refractivity contribution in [2.45, 2.75) is 6.92 Å². The van der Waals surface area contributed by atoms with Crippen molar-refractivity contribution in [2.24, 2.45) is 0 Å². The summed E-state index contributed by atoms with van der Waals surface area (Å²) in [4.78, 5) is 16.2. The fraction of sp³-hybridized carbons (Fsp3) is 0.0667. The molecule has 3 rings (SSSR count). The van der Waals surface area contributed by atoms with Crippen molar-refractivity contribution in [1.82, 2.24) is 4.98 Å². The number of hydrogen-bond donors (Lipinski definition) is 1. The van der Waals surface area contributed by atoms with Crippen LogP contribution < -0.4 is 5.32 Å². The minimum absolute atomic E-state index is 0.273. The number of amides is 1. The molecule has 0 fully saturated rings. The van der Waals surface area contributed by atoms with Crippen molar-refractivity contribution in [1.29, 1.82) is 0 Å². The van der Waals surface area contributed by atoms with Gasteiger partial charge >= 0.3 is 0 Å². The van der Waals surface area contributed by atoms with Crippen LogP contribution in [0.3, 0.4) is 0 Å². The van der Waals surface area contributed by atoms with E-state index in [1.807, 2.05) is 36.6 Å². The summed E-state index contributed by atoms with van der Waals surface area (Å²) < 4.78 is 5.04. The molecular formula is C15H12N2O2S. The quantitative estimate of drug-likeness (QED) is 0.792. The normalized spacial score (nSPS) is 10.4. The van der Waals surface area contributed by atoms with Gasteiger partial charge in [0.2, 0.25) is 0 Å². The second kappa shape index (κ2) is 5.30. The molecule has 0 aliphatic carbocycles. The van der Waals surface area contributed by atoms with Crippen LogP contribution in [0.5, 0.6) is 0 Å². The van der Waals surface area contributed by atoms with Crippen molar-refractivity contribution in [3.05, 3.63) is 59.4 Å². The van der Waals surface area contributed by atoms with Gasteiger partial charge in [0, 0.05) is 10.9 Å². The van der Waals surface area contributed by atoms with Gasteiger partial charge in [-0.2, -0.15) is 0 Å². The highest BCUT2D eigenvalue weighted by molar-refractivity contribution is 7.13. The molecule has 2 aromatic heterocycles. The molecule has 0 radical (unpaired) electrons. The number of carbonyl (C=O) groups is 1. The van der Waals surface area contributed by atoms with Gasteiger partial charge in [-0.3, -0.25) is 4.79 Å². The summed E-state index contributed by atoms with van der Waals surface area (Å²) in [5.41, 5.74) is 2.25. The molecule has 0 aliphatic rings. The van der Waals surface area contributed by atoms with Gasteiger partial charge in [-0.05, 0) is 19.1 Å². The van der Waals surface area contributed by atoms with Gasteiger partial charge in [-0.15, -0.1) is 11.3 Å². The highest BCUT2D eigenvalue weighted by atomic mass is 32.1. The van der Waals surface area contributed by atoms with Gasteiger partial charge in [0.1, 0.15) is 10.8 Å². The van der Waals surface area contributed by atoms with E-state index < -0.39 is 0 Å². The Balaban J connectivity index is 1.77. The van der Waals surface area contributed by atoms with Gasteiger partial charge in [-0.1, -0.05) is 29.8 Å². The molecule has 0 saturated heterocycles. The van der Waals surface area contributed by atoms with Crippen LogP contribution in [0.1, 0.15) is 16.1 Å². The Bertz CT molecular complexity index is 715. The number of furan rings is 1. The van der Waals surface area contributed by atoms with Crippen molar-refractivity contribution < 1.29 is 9.21 Å². The van der Waals surface area contributed by atoms with Crippen molar-refractivity contribution in [3.8, 4) is 10.6 Å². The van der Waals surface area contributed by atoms with E-state index in [2.05, 4.69) is 10.3 Å². The smallest absolute Gasteiger partial charge is 0.292 e. The van der Waals surface area contributed by atoms with Crippen LogP contribution in [0, 0.1) is 6.92 Å². The number of benzene rings is 1. The first-order valence-electron chi connectivity index (χ1n) is 6.10. The Morgan fingerprint density at radius 2 is 2.05 bits per heavy atom. The molecule has 5 heteroatoms. The summed E-state index contributed by atoms with van der Waals surface area (Å²) in [6.45, 7) is 2.04. The average Bonchev–Trinajstić information content (AvgIpc) is 3.10. The van der Waals surface area contributed by atoms with Crippen molar-refractivity contribution >= 4 is 23.1 Å². The van der Waals surface area contributed by atoms with E-state index in [0.29, 0.717) is 5.82 Å². The van der Waals surface area contributed by atoms with Gasteiger partial charge in [-0.25, -0.2) is 4.98 Å². The lowest BCUT2D eigenvalue weighted by Gasteiger charge is -1.98. The largest absolute Gasteiger partial charge is 0.459 e. The Labute approximate surface area is 120 Å². The first-order valence-corrected chi connectivity index (χ1v) is 6.98. The first-order chi connectivity index (χ1) is 9.72. The van der Waals surface area contributed by atoms with Crippen LogP contribution in [0.15, 0.2) is 52.5 Å². The molecular weight excluding hydrogens is 272 g/mol. The lowest BCUT2D eigenvalue weighted by atomic mass is 10.2. The Hall–Kier alpha value is -2.40. The average molecular weight is 284 g/mol. The minimum Gasteiger partial charge on any atom is -0.459 e. The Morgan fingerprint density at radius 1 is 1.25 bits per heavy atom. The lowest BCUT2D eigenvalue weighted by Crippen LogP contribution is -2.10. The van der Waals surface area contributed by atoms with Crippen molar-refractivity contribution in [3.63, 3.8) is 0 Å². The Kier molecular flexibility index (Phi) is 3.35. The maximum absolute atomic E-state index is 11.8. The second-order valence-electron chi connectivity index (χ2n) is 4.34. The number of thiazole rings is 1. The van der Waals surface area contributed by atoms with E-state index in [-0.39, 0.29) is 11.7 Å². The molecule has 20 heavy (non-hydrogen) atoms. The van der Waals surface area contributed by atoms with Crippen LogP contribution in [0.2, 0.25) is 0 Å². The monoisotopic (exact) mass is 284 g/mol. The number of anilines is 1. The van der Waals surface area contributed by atoms with E-state index in [0.717, 1.165) is 10.6 Å². The number of carbonyl (C=O) groups excluding carboxylic acids is 1. The first kappa shape index (κ1) is 12.6. The zero-order valence-electron chi connectivity index (χ0n) is 10.8. The SMILES string of the molecule is Cc1ccc(-c2nc(NC(=O)c3ccco3)cs2)cc1. The summed E-state index contributed by atoms with van der Waals surface area (Å²) in [5, 5.41) is 5.40. The standard InChI is InChI=1S/C15H12N2O2S/c1-10-4-6-11(7-5-10)15-17-13(9-20-15)16-14(18)12-3-2-8-19-12/h2-9H,1H3,(H,16,18). The molecule has 1 aromatic carbocycles. The highest BCUT2D eigenvalue weighted by Gasteiger charge is 2.11.